The quantitative estimate of drug-likeness (QED) is 0.177. The molecule has 5 atom stereocenters. The number of allylic oxidation sites excluding steroid dienone is 2. The van der Waals surface area contributed by atoms with Gasteiger partial charge in [-0.15, -0.1) is 0 Å². The van der Waals surface area contributed by atoms with Gasteiger partial charge in [0.1, 0.15) is 30.1 Å². The van der Waals surface area contributed by atoms with Gasteiger partial charge in [-0.3, -0.25) is 4.79 Å². The summed E-state index contributed by atoms with van der Waals surface area (Å²) in [6, 6.07) is 2.67. The minimum absolute atomic E-state index is 0.00891. The summed E-state index contributed by atoms with van der Waals surface area (Å²) in [6.07, 6.45) is 8.64. The number of rotatable bonds is 13. The normalized spacial score (nSPS) is 23.9. The SMILES string of the molecule is CONC1C[C@H](O)[C@H](C/C=C\CCCC(=O)OC)C1/C=C/[C@@H](O)COc1cc(F)cc(F)c1. The molecule has 3 N–H and O–H groups in total. The number of halogens is 2. The number of carbonyl (C=O) groups is 1. The average molecular weight is 470 g/mol. The molecule has 184 valence electrons. The molecule has 0 saturated heterocycles. The van der Waals surface area contributed by atoms with Crippen molar-refractivity contribution in [3.8, 4) is 5.75 Å². The fraction of sp³-hybridized carbons (Fsp3) is 0.542. The Bertz CT molecular complexity index is 783. The Balaban J connectivity index is 1.92. The number of aliphatic hydroxyl groups is 2. The van der Waals surface area contributed by atoms with Gasteiger partial charge in [-0.05, 0) is 31.6 Å². The summed E-state index contributed by atoms with van der Waals surface area (Å²) in [5, 5.41) is 20.8. The van der Waals surface area contributed by atoms with Crippen LogP contribution in [0.25, 0.3) is 0 Å². The zero-order valence-corrected chi connectivity index (χ0v) is 19.0. The molecule has 2 unspecified atom stereocenters. The number of carbonyl (C=O) groups excluding carboxylic acids is 1. The summed E-state index contributed by atoms with van der Waals surface area (Å²) >= 11 is 0. The molecule has 0 radical (unpaired) electrons. The summed E-state index contributed by atoms with van der Waals surface area (Å²) in [7, 11) is 2.87. The highest BCUT2D eigenvalue weighted by atomic mass is 19.1. The Morgan fingerprint density at radius 1 is 1.24 bits per heavy atom. The van der Waals surface area contributed by atoms with Gasteiger partial charge in [0.2, 0.25) is 0 Å². The standard InChI is InChI=1S/C24H33F2NO6/c1-31-24(30)8-6-4-3-5-7-21-20(22(27-32-2)14-23(21)29)10-9-18(28)15-33-19-12-16(25)11-17(26)13-19/h3,5,9-13,18,20-23,27-29H,4,6-8,14-15H2,1-2H3/b5-3-,10-9+/t18-,20?,21-,22?,23+/m1/s1. The minimum atomic E-state index is -1.01. The molecule has 1 saturated carbocycles. The molecule has 33 heavy (non-hydrogen) atoms. The Morgan fingerprint density at radius 2 is 1.97 bits per heavy atom. The van der Waals surface area contributed by atoms with Crippen LogP contribution in [0.2, 0.25) is 0 Å². The van der Waals surface area contributed by atoms with Crippen LogP contribution in [0.3, 0.4) is 0 Å². The summed E-state index contributed by atoms with van der Waals surface area (Å²) < 4.78 is 36.4. The fourth-order valence-corrected chi connectivity index (χ4v) is 3.96. The third kappa shape index (κ3) is 9.21. The van der Waals surface area contributed by atoms with Crippen molar-refractivity contribution in [3.05, 3.63) is 54.1 Å². The van der Waals surface area contributed by atoms with E-state index in [0.717, 1.165) is 24.6 Å². The van der Waals surface area contributed by atoms with Gasteiger partial charge in [0.05, 0.1) is 20.3 Å². The van der Waals surface area contributed by atoms with Crippen LogP contribution in [-0.4, -0.2) is 55.3 Å². The van der Waals surface area contributed by atoms with Crippen LogP contribution in [0.1, 0.15) is 32.1 Å². The molecule has 0 bridgehead atoms. The second-order valence-corrected chi connectivity index (χ2v) is 8.02. The first kappa shape index (κ1) is 26.9. The lowest BCUT2D eigenvalue weighted by atomic mass is 9.89. The molecule has 1 aromatic rings. The van der Waals surface area contributed by atoms with E-state index < -0.39 is 23.8 Å². The smallest absolute Gasteiger partial charge is 0.305 e. The molecule has 0 aliphatic heterocycles. The number of hydroxylamine groups is 1. The van der Waals surface area contributed by atoms with Crippen LogP contribution >= 0.6 is 0 Å². The molecule has 2 rings (SSSR count). The highest BCUT2D eigenvalue weighted by Crippen LogP contribution is 2.36. The van der Waals surface area contributed by atoms with E-state index in [9.17, 15) is 23.8 Å². The van der Waals surface area contributed by atoms with Crippen LogP contribution in [0, 0.1) is 23.5 Å². The van der Waals surface area contributed by atoms with Gasteiger partial charge >= 0.3 is 5.97 Å². The second-order valence-electron chi connectivity index (χ2n) is 8.02. The van der Waals surface area contributed by atoms with Crippen molar-refractivity contribution in [2.24, 2.45) is 11.8 Å². The van der Waals surface area contributed by atoms with Crippen molar-refractivity contribution in [2.45, 2.75) is 50.4 Å². The first-order chi connectivity index (χ1) is 15.8. The Morgan fingerprint density at radius 3 is 2.64 bits per heavy atom. The molecule has 1 aliphatic carbocycles. The van der Waals surface area contributed by atoms with E-state index in [1.165, 1.54) is 14.2 Å². The molecule has 1 fully saturated rings. The van der Waals surface area contributed by atoms with Crippen LogP contribution in [0.4, 0.5) is 8.78 Å². The summed E-state index contributed by atoms with van der Waals surface area (Å²) in [5.41, 5.74) is 2.90. The van der Waals surface area contributed by atoms with E-state index in [0.29, 0.717) is 25.7 Å². The molecule has 0 heterocycles. The summed E-state index contributed by atoms with van der Waals surface area (Å²) in [4.78, 5) is 16.2. The van der Waals surface area contributed by atoms with Crippen molar-refractivity contribution in [1.29, 1.82) is 0 Å². The number of nitrogens with one attached hydrogen (secondary N) is 1. The van der Waals surface area contributed by atoms with E-state index in [1.54, 1.807) is 6.08 Å². The maximum absolute atomic E-state index is 13.3. The predicted molar refractivity (Wildman–Crippen MR) is 118 cm³/mol. The van der Waals surface area contributed by atoms with Crippen molar-refractivity contribution >= 4 is 5.97 Å². The molecule has 0 spiro atoms. The zero-order chi connectivity index (χ0) is 24.2. The molecule has 9 heteroatoms. The van der Waals surface area contributed by atoms with Gasteiger partial charge in [0, 0.05) is 36.6 Å². The molecule has 1 aromatic carbocycles. The first-order valence-electron chi connectivity index (χ1n) is 11.0. The van der Waals surface area contributed by atoms with Crippen LogP contribution in [0.5, 0.6) is 5.75 Å². The highest BCUT2D eigenvalue weighted by molar-refractivity contribution is 5.69. The number of hydrogen-bond acceptors (Lipinski definition) is 7. The minimum Gasteiger partial charge on any atom is -0.490 e. The Hall–Kier alpha value is -2.33. The average Bonchev–Trinajstić information content (AvgIpc) is 3.06. The lowest BCUT2D eigenvalue weighted by Gasteiger charge is -2.22. The largest absolute Gasteiger partial charge is 0.490 e. The van der Waals surface area contributed by atoms with Gasteiger partial charge in [-0.2, -0.15) is 5.48 Å². The number of ether oxygens (including phenoxy) is 2. The monoisotopic (exact) mass is 469 g/mol. The number of esters is 1. The number of hydrogen-bond donors (Lipinski definition) is 3. The van der Waals surface area contributed by atoms with Gasteiger partial charge in [-0.1, -0.05) is 24.3 Å². The summed E-state index contributed by atoms with van der Waals surface area (Å²) in [6.45, 7) is -0.179. The molecule has 0 aromatic heterocycles. The van der Waals surface area contributed by atoms with E-state index in [2.05, 4.69) is 10.2 Å². The van der Waals surface area contributed by atoms with E-state index in [1.807, 2.05) is 18.2 Å². The third-order valence-electron chi connectivity index (χ3n) is 5.58. The highest BCUT2D eigenvalue weighted by Gasteiger charge is 2.40. The maximum atomic E-state index is 13.3. The first-order valence-corrected chi connectivity index (χ1v) is 11.0. The number of unbranched alkanes of at least 4 members (excludes halogenated alkanes) is 1. The molecule has 1 aliphatic rings. The maximum Gasteiger partial charge on any atom is 0.305 e. The van der Waals surface area contributed by atoms with Crippen molar-refractivity contribution in [3.63, 3.8) is 0 Å². The van der Waals surface area contributed by atoms with E-state index in [-0.39, 0.29) is 36.2 Å². The van der Waals surface area contributed by atoms with Crippen molar-refractivity contribution in [1.82, 2.24) is 5.48 Å². The van der Waals surface area contributed by atoms with Crippen LogP contribution in [0.15, 0.2) is 42.5 Å². The van der Waals surface area contributed by atoms with Crippen LogP contribution in [-0.2, 0) is 14.4 Å². The molecular formula is C24H33F2NO6. The van der Waals surface area contributed by atoms with E-state index in [4.69, 9.17) is 9.57 Å². The van der Waals surface area contributed by atoms with Crippen molar-refractivity contribution < 1.29 is 38.1 Å². The number of benzene rings is 1. The fourth-order valence-electron chi connectivity index (χ4n) is 3.96. The topological polar surface area (TPSA) is 97.2 Å². The predicted octanol–water partition coefficient (Wildman–Crippen LogP) is 3.07. The molecule has 0 amide bonds. The van der Waals surface area contributed by atoms with E-state index >= 15 is 0 Å². The second kappa shape index (κ2) is 14.0. The summed E-state index contributed by atoms with van der Waals surface area (Å²) in [5.74, 6) is -1.99. The lowest BCUT2D eigenvalue weighted by molar-refractivity contribution is -0.140. The third-order valence-corrected chi connectivity index (χ3v) is 5.58. The van der Waals surface area contributed by atoms with Crippen LogP contribution < -0.4 is 10.2 Å². The van der Waals surface area contributed by atoms with Gasteiger partial charge in [0.15, 0.2) is 0 Å². The number of aliphatic hydroxyl groups excluding tert-OH is 2. The van der Waals surface area contributed by atoms with Crippen molar-refractivity contribution in [2.75, 3.05) is 20.8 Å². The Labute approximate surface area is 193 Å². The lowest BCUT2D eigenvalue weighted by Crippen LogP contribution is -2.32. The molecule has 7 nitrogen and oxygen atoms in total. The van der Waals surface area contributed by atoms with Gasteiger partial charge < -0.3 is 24.5 Å². The molecular weight excluding hydrogens is 436 g/mol. The van der Waals surface area contributed by atoms with Gasteiger partial charge in [0.25, 0.3) is 0 Å². The zero-order valence-electron chi connectivity index (χ0n) is 19.0. The number of methoxy groups -OCH3 is 1. The van der Waals surface area contributed by atoms with Gasteiger partial charge in [-0.25, -0.2) is 8.78 Å². The Kier molecular flexibility index (Phi) is 11.5.